The largest absolute Gasteiger partial charge is 0.504 e. The van der Waals surface area contributed by atoms with E-state index in [-0.39, 0.29) is 41.4 Å². The average Bonchev–Trinajstić information content (AvgIpc) is 3.17. The smallest absolute Gasteiger partial charge is 0.415 e. The summed E-state index contributed by atoms with van der Waals surface area (Å²) in [5, 5.41) is 13.2. The lowest BCUT2D eigenvalue weighted by Crippen LogP contribution is -2.54. The van der Waals surface area contributed by atoms with Gasteiger partial charge in [0, 0.05) is 19.5 Å². The van der Waals surface area contributed by atoms with Gasteiger partial charge in [0.25, 0.3) is 11.8 Å². The molecule has 0 spiro atoms. The molecule has 1 aliphatic rings. The molecule has 1 aliphatic heterocycles. The van der Waals surface area contributed by atoms with Crippen molar-refractivity contribution in [2.24, 2.45) is 5.92 Å². The molecule has 0 radical (unpaired) electrons. The highest BCUT2D eigenvalue weighted by molar-refractivity contribution is 6.23. The van der Waals surface area contributed by atoms with Gasteiger partial charge in [-0.15, -0.1) is 0 Å². The number of aromatic hydroxyl groups is 1. The molecule has 0 unspecified atom stereocenters. The first-order valence-corrected chi connectivity index (χ1v) is 13.2. The minimum absolute atomic E-state index is 0.0331. The summed E-state index contributed by atoms with van der Waals surface area (Å²) in [6.45, 7) is 8.19. The Kier molecular flexibility index (Phi) is 9.87. The molecule has 0 saturated carbocycles. The lowest BCUT2D eigenvalue weighted by molar-refractivity contribution is -0.146. The van der Waals surface area contributed by atoms with E-state index in [9.17, 15) is 29.1 Å². The molecule has 2 aromatic carbocycles. The van der Waals surface area contributed by atoms with E-state index >= 15 is 0 Å². The van der Waals surface area contributed by atoms with Gasteiger partial charge in [-0.05, 0) is 56.0 Å². The summed E-state index contributed by atoms with van der Waals surface area (Å²) in [6.07, 6.45) is -0.527. The Labute approximate surface area is 233 Å². The van der Waals surface area contributed by atoms with Crippen molar-refractivity contribution in [1.82, 2.24) is 15.1 Å². The Morgan fingerprint density at radius 1 is 1.00 bits per heavy atom. The summed E-state index contributed by atoms with van der Waals surface area (Å²) in [5.74, 6) is -3.08. The Hall–Kier alpha value is -4.41. The van der Waals surface area contributed by atoms with Crippen LogP contribution in [0.2, 0.25) is 0 Å². The normalized spacial score (nSPS) is 14.0. The Bertz CT molecular complexity index is 1250. The van der Waals surface area contributed by atoms with Crippen molar-refractivity contribution in [3.63, 3.8) is 0 Å². The third-order valence-electron chi connectivity index (χ3n) is 6.62. The van der Waals surface area contributed by atoms with Gasteiger partial charge in [0.15, 0.2) is 11.5 Å². The third-order valence-corrected chi connectivity index (χ3v) is 6.62. The molecule has 0 aliphatic carbocycles. The van der Waals surface area contributed by atoms with Gasteiger partial charge in [-0.1, -0.05) is 32.0 Å². The average molecular weight is 554 g/mol. The Balaban J connectivity index is 1.93. The molecule has 214 valence electrons. The molecule has 11 nitrogen and oxygen atoms in total. The fraction of sp³-hybridized carbons (Fsp3) is 0.414. The number of fused-ring (bicyclic) bond motifs is 1. The zero-order valence-electron chi connectivity index (χ0n) is 23.3. The van der Waals surface area contributed by atoms with Crippen LogP contribution in [0, 0.1) is 5.92 Å². The number of carbonyl (C=O) groups is 5. The summed E-state index contributed by atoms with van der Waals surface area (Å²) in [4.78, 5) is 67.2. The van der Waals surface area contributed by atoms with E-state index in [0.29, 0.717) is 18.7 Å². The number of benzene rings is 2. The highest BCUT2D eigenvalue weighted by atomic mass is 16.6. The maximum atomic E-state index is 13.6. The molecule has 2 atom stereocenters. The quantitative estimate of drug-likeness (QED) is 0.319. The van der Waals surface area contributed by atoms with Crippen molar-refractivity contribution in [3.8, 4) is 11.5 Å². The number of nitrogens with zero attached hydrogens (tertiary/aromatic N) is 2. The van der Waals surface area contributed by atoms with Crippen molar-refractivity contribution in [2.75, 3.05) is 20.2 Å². The molecule has 2 N–H and O–H groups in total. The molecular weight excluding hydrogens is 518 g/mol. The Morgan fingerprint density at radius 2 is 1.60 bits per heavy atom. The van der Waals surface area contributed by atoms with Crippen molar-refractivity contribution in [2.45, 2.75) is 52.6 Å². The highest BCUT2D eigenvalue weighted by Gasteiger charge is 2.43. The molecule has 0 bridgehead atoms. The van der Waals surface area contributed by atoms with E-state index in [0.717, 1.165) is 4.90 Å². The van der Waals surface area contributed by atoms with Gasteiger partial charge in [-0.3, -0.25) is 19.3 Å². The summed E-state index contributed by atoms with van der Waals surface area (Å²) in [5.41, 5.74) is 0.715. The van der Waals surface area contributed by atoms with Crippen LogP contribution in [0.1, 0.15) is 60.4 Å². The van der Waals surface area contributed by atoms with Crippen molar-refractivity contribution < 1.29 is 38.6 Å². The van der Waals surface area contributed by atoms with E-state index in [1.807, 2.05) is 13.8 Å². The molecule has 40 heavy (non-hydrogen) atoms. The number of phenolic OH excluding ortho intramolecular Hbond substituents is 1. The van der Waals surface area contributed by atoms with Crippen LogP contribution in [0.5, 0.6) is 11.5 Å². The lowest BCUT2D eigenvalue weighted by atomic mass is 10.0. The first-order valence-electron chi connectivity index (χ1n) is 13.2. The van der Waals surface area contributed by atoms with E-state index in [4.69, 9.17) is 9.47 Å². The van der Waals surface area contributed by atoms with Gasteiger partial charge in [0.05, 0.1) is 18.2 Å². The first kappa shape index (κ1) is 30.1. The minimum atomic E-state index is -1.35. The van der Waals surface area contributed by atoms with Gasteiger partial charge in [-0.2, -0.15) is 0 Å². The summed E-state index contributed by atoms with van der Waals surface area (Å²) in [7, 11) is 1.21. The predicted molar refractivity (Wildman–Crippen MR) is 145 cm³/mol. The first-order chi connectivity index (χ1) is 19.0. The van der Waals surface area contributed by atoms with E-state index in [2.05, 4.69) is 5.32 Å². The summed E-state index contributed by atoms with van der Waals surface area (Å²) < 4.78 is 10.1. The predicted octanol–water partition coefficient (Wildman–Crippen LogP) is 3.14. The minimum Gasteiger partial charge on any atom is -0.504 e. The topological polar surface area (TPSA) is 143 Å². The molecule has 0 aromatic heterocycles. The van der Waals surface area contributed by atoms with Gasteiger partial charge in [0.1, 0.15) is 12.1 Å². The standard InChI is InChI=1S/C29H35N3O8/c1-6-31(7-2)29(38)40-24-13-12-18(16-23(24)33)15-22(25(34)30-21(14-17(3)4)28(37)39-5)32-26(35)19-10-8-9-11-20(19)27(32)36/h8-13,16-17,21-22,33H,6-7,14-15H2,1-5H3,(H,30,34)/t21-,22-/m0/s1. The number of carbonyl (C=O) groups excluding carboxylic acids is 5. The summed E-state index contributed by atoms with van der Waals surface area (Å²) in [6, 6.07) is 8.10. The zero-order chi connectivity index (χ0) is 29.6. The van der Waals surface area contributed by atoms with Crippen LogP contribution in [0.4, 0.5) is 4.79 Å². The maximum Gasteiger partial charge on any atom is 0.415 e. The number of amides is 4. The maximum absolute atomic E-state index is 13.6. The fourth-order valence-electron chi connectivity index (χ4n) is 4.53. The van der Waals surface area contributed by atoms with Crippen LogP contribution in [-0.4, -0.2) is 77.0 Å². The zero-order valence-corrected chi connectivity index (χ0v) is 23.3. The molecule has 4 amide bonds. The number of hydrogen-bond acceptors (Lipinski definition) is 8. The number of methoxy groups -OCH3 is 1. The second-order valence-electron chi connectivity index (χ2n) is 9.80. The summed E-state index contributed by atoms with van der Waals surface area (Å²) >= 11 is 0. The van der Waals surface area contributed by atoms with Crippen LogP contribution in [0.15, 0.2) is 42.5 Å². The van der Waals surface area contributed by atoms with Crippen LogP contribution in [0.25, 0.3) is 0 Å². The van der Waals surface area contributed by atoms with Gasteiger partial charge < -0.3 is 24.8 Å². The molecular formula is C29H35N3O8. The second kappa shape index (κ2) is 13.1. The van der Waals surface area contributed by atoms with Crippen LogP contribution in [-0.2, 0) is 20.7 Å². The van der Waals surface area contributed by atoms with Gasteiger partial charge in [0.2, 0.25) is 5.91 Å². The number of hydrogen-bond donors (Lipinski definition) is 2. The molecule has 0 saturated heterocycles. The molecule has 1 heterocycles. The number of esters is 1. The second-order valence-corrected chi connectivity index (χ2v) is 9.80. The lowest BCUT2D eigenvalue weighted by Gasteiger charge is -2.28. The third kappa shape index (κ3) is 6.59. The van der Waals surface area contributed by atoms with Crippen LogP contribution in [0.3, 0.4) is 0 Å². The number of imide groups is 1. The van der Waals surface area contributed by atoms with E-state index in [1.165, 1.54) is 42.3 Å². The van der Waals surface area contributed by atoms with Crippen LogP contribution >= 0.6 is 0 Å². The Morgan fingerprint density at radius 3 is 2.10 bits per heavy atom. The molecule has 11 heteroatoms. The molecule has 3 rings (SSSR count). The molecule has 2 aromatic rings. The van der Waals surface area contributed by atoms with E-state index in [1.54, 1.807) is 26.0 Å². The van der Waals surface area contributed by atoms with E-state index < -0.39 is 41.9 Å². The monoisotopic (exact) mass is 553 g/mol. The number of nitrogens with one attached hydrogen (secondary N) is 1. The number of ether oxygens (including phenoxy) is 2. The molecule has 0 fully saturated rings. The van der Waals surface area contributed by atoms with Crippen LogP contribution < -0.4 is 10.1 Å². The number of rotatable bonds is 11. The highest BCUT2D eigenvalue weighted by Crippen LogP contribution is 2.30. The van der Waals surface area contributed by atoms with Gasteiger partial charge >= 0.3 is 12.1 Å². The SMILES string of the molecule is CCN(CC)C(=O)Oc1ccc(C[C@@H](C(=O)N[C@@H](CC(C)C)C(=O)OC)N2C(=O)c3ccccc3C2=O)cc1O. The fourth-order valence-corrected chi connectivity index (χ4v) is 4.53. The van der Waals surface area contributed by atoms with Crippen molar-refractivity contribution in [3.05, 3.63) is 59.2 Å². The number of phenols is 1. The van der Waals surface area contributed by atoms with Crippen molar-refractivity contribution in [1.29, 1.82) is 0 Å². The van der Waals surface area contributed by atoms with Crippen molar-refractivity contribution >= 4 is 29.8 Å². The van der Waals surface area contributed by atoms with Gasteiger partial charge in [-0.25, -0.2) is 9.59 Å².